The molecule has 0 atom stereocenters. The van der Waals surface area contributed by atoms with Gasteiger partial charge in [-0.25, -0.2) is 4.98 Å². The van der Waals surface area contributed by atoms with Crippen LogP contribution in [0.25, 0.3) is 22.2 Å². The average molecular weight is 491 g/mol. The Labute approximate surface area is 205 Å². The van der Waals surface area contributed by atoms with Gasteiger partial charge in [-0.1, -0.05) is 48.2 Å². The predicted molar refractivity (Wildman–Crippen MR) is 133 cm³/mol. The molecule has 0 aliphatic rings. The smallest absolute Gasteiger partial charge is 0.200 e. The summed E-state index contributed by atoms with van der Waals surface area (Å²) in [6.45, 7) is 0.648. The second-order valence-electron chi connectivity index (χ2n) is 7.33. The van der Waals surface area contributed by atoms with E-state index in [-0.39, 0.29) is 0 Å². The third kappa shape index (κ3) is 4.57. The summed E-state index contributed by atoms with van der Waals surface area (Å²) in [5.74, 6) is 3.43. The van der Waals surface area contributed by atoms with Crippen LogP contribution in [-0.2, 0) is 12.3 Å². The number of aromatic nitrogens is 4. The Morgan fingerprint density at radius 1 is 0.971 bits per heavy atom. The molecule has 2 aromatic carbocycles. The molecule has 9 heteroatoms. The molecule has 0 fully saturated rings. The summed E-state index contributed by atoms with van der Waals surface area (Å²) in [6, 6.07) is 19.8. The van der Waals surface area contributed by atoms with Crippen molar-refractivity contribution in [1.82, 2.24) is 19.7 Å². The molecule has 3 heterocycles. The Morgan fingerprint density at radius 3 is 2.62 bits per heavy atom. The first kappa shape index (κ1) is 22.2. The van der Waals surface area contributed by atoms with Crippen molar-refractivity contribution >= 4 is 23.1 Å². The zero-order chi connectivity index (χ0) is 23.3. The minimum atomic E-state index is 0.648. The summed E-state index contributed by atoms with van der Waals surface area (Å²) in [5.41, 5.74) is 3.04. The van der Waals surface area contributed by atoms with Crippen molar-refractivity contribution in [2.45, 2.75) is 17.5 Å². The van der Waals surface area contributed by atoms with Gasteiger partial charge in [0.15, 0.2) is 22.4 Å². The summed E-state index contributed by atoms with van der Waals surface area (Å²) in [5, 5.41) is 12.6. The highest BCUT2D eigenvalue weighted by Crippen LogP contribution is 2.39. The van der Waals surface area contributed by atoms with Gasteiger partial charge in [-0.3, -0.25) is 4.57 Å². The van der Waals surface area contributed by atoms with Gasteiger partial charge in [0.25, 0.3) is 0 Å². The third-order valence-electron chi connectivity index (χ3n) is 5.18. The maximum Gasteiger partial charge on any atom is 0.200 e. The van der Waals surface area contributed by atoms with Crippen LogP contribution in [0, 0.1) is 0 Å². The number of ether oxygens (including phenoxy) is 2. The maximum atomic E-state index is 5.60. The Balaban J connectivity index is 1.39. The SMILES string of the molecule is COc1cccc(-c2nc(CSc3nnc(-c4ccco4)n3Cc3ccccc3)cs2)c1OC. The molecule has 7 nitrogen and oxygen atoms in total. The van der Waals surface area contributed by atoms with Gasteiger partial charge in [0.2, 0.25) is 5.82 Å². The Bertz CT molecular complexity index is 1360. The van der Waals surface area contributed by atoms with Gasteiger partial charge in [-0.15, -0.1) is 21.5 Å². The first-order chi connectivity index (χ1) is 16.8. The van der Waals surface area contributed by atoms with Crippen LogP contribution in [0.5, 0.6) is 11.5 Å². The molecule has 0 spiro atoms. The molecule has 5 rings (SSSR count). The normalized spacial score (nSPS) is 11.0. The summed E-state index contributed by atoms with van der Waals surface area (Å²) in [7, 11) is 3.27. The Kier molecular flexibility index (Phi) is 6.64. The number of nitrogens with zero attached hydrogens (tertiary/aromatic N) is 4. The largest absolute Gasteiger partial charge is 0.493 e. The molecule has 34 heavy (non-hydrogen) atoms. The lowest BCUT2D eigenvalue weighted by Gasteiger charge is -2.10. The minimum absolute atomic E-state index is 0.648. The van der Waals surface area contributed by atoms with Gasteiger partial charge in [-0.2, -0.15) is 0 Å². The highest BCUT2D eigenvalue weighted by atomic mass is 32.2. The van der Waals surface area contributed by atoms with Gasteiger partial charge < -0.3 is 13.9 Å². The van der Waals surface area contributed by atoms with Crippen LogP contribution in [0.2, 0.25) is 0 Å². The number of furan rings is 1. The van der Waals surface area contributed by atoms with Crippen LogP contribution >= 0.6 is 23.1 Å². The third-order valence-corrected chi connectivity index (χ3v) is 7.10. The van der Waals surface area contributed by atoms with Crippen LogP contribution < -0.4 is 9.47 Å². The fourth-order valence-corrected chi connectivity index (χ4v) is 5.36. The van der Waals surface area contributed by atoms with E-state index in [0.717, 1.165) is 27.0 Å². The number of para-hydroxylation sites is 1. The number of methoxy groups -OCH3 is 2. The van der Waals surface area contributed by atoms with Crippen LogP contribution in [0.15, 0.2) is 81.9 Å². The van der Waals surface area contributed by atoms with Crippen molar-refractivity contribution in [1.29, 1.82) is 0 Å². The Morgan fingerprint density at radius 2 is 1.85 bits per heavy atom. The molecule has 0 aliphatic carbocycles. The van der Waals surface area contributed by atoms with Crippen LogP contribution in [0.1, 0.15) is 11.3 Å². The number of hydrogen-bond donors (Lipinski definition) is 0. The van der Waals surface area contributed by atoms with Gasteiger partial charge in [-0.05, 0) is 29.8 Å². The molecular weight excluding hydrogens is 468 g/mol. The summed E-state index contributed by atoms with van der Waals surface area (Å²) >= 11 is 3.18. The number of thiazole rings is 1. The number of rotatable bonds is 9. The van der Waals surface area contributed by atoms with Crippen molar-refractivity contribution in [3.05, 3.63) is 83.6 Å². The summed E-state index contributed by atoms with van der Waals surface area (Å²) in [4.78, 5) is 4.84. The van der Waals surface area contributed by atoms with Gasteiger partial charge in [0, 0.05) is 11.1 Å². The molecular formula is C25H22N4O3S2. The average Bonchev–Trinajstić information content (AvgIpc) is 3.64. The van der Waals surface area contributed by atoms with Gasteiger partial charge in [0.1, 0.15) is 5.01 Å². The summed E-state index contributed by atoms with van der Waals surface area (Å²) < 4.78 is 18.7. The van der Waals surface area contributed by atoms with E-state index in [9.17, 15) is 0 Å². The minimum Gasteiger partial charge on any atom is -0.493 e. The lowest BCUT2D eigenvalue weighted by atomic mass is 10.2. The second kappa shape index (κ2) is 10.1. The van der Waals surface area contributed by atoms with E-state index in [2.05, 4.69) is 32.3 Å². The molecule has 0 unspecified atom stereocenters. The highest BCUT2D eigenvalue weighted by molar-refractivity contribution is 7.98. The fraction of sp³-hybridized carbons (Fsp3) is 0.160. The maximum absolute atomic E-state index is 5.60. The van der Waals surface area contributed by atoms with Crippen molar-refractivity contribution < 1.29 is 13.9 Å². The quantitative estimate of drug-likeness (QED) is 0.234. The van der Waals surface area contributed by atoms with Gasteiger partial charge >= 0.3 is 0 Å². The zero-order valence-corrected chi connectivity index (χ0v) is 20.3. The number of thioether (sulfide) groups is 1. The number of hydrogen-bond acceptors (Lipinski definition) is 8. The standard InChI is InChI=1S/C25H22N4O3S2/c1-30-20-11-6-10-19(22(20)31-2)24-26-18(15-33-24)16-34-25-28-27-23(21-12-7-13-32-21)29(25)14-17-8-4-3-5-9-17/h3-13,15H,14,16H2,1-2H3. The topological polar surface area (TPSA) is 75.2 Å². The molecule has 0 bridgehead atoms. The highest BCUT2D eigenvalue weighted by Gasteiger charge is 2.18. The van der Waals surface area contributed by atoms with E-state index in [1.54, 1.807) is 43.6 Å². The molecule has 0 saturated carbocycles. The van der Waals surface area contributed by atoms with E-state index in [1.165, 1.54) is 0 Å². The molecule has 3 aromatic heterocycles. The van der Waals surface area contributed by atoms with E-state index in [4.69, 9.17) is 18.9 Å². The van der Waals surface area contributed by atoms with E-state index < -0.39 is 0 Å². The molecule has 0 amide bonds. The molecule has 0 N–H and O–H groups in total. The van der Waals surface area contributed by atoms with Crippen LogP contribution in [0.4, 0.5) is 0 Å². The predicted octanol–water partition coefficient (Wildman–Crippen LogP) is 6.02. The lowest BCUT2D eigenvalue weighted by Crippen LogP contribution is -2.04. The monoisotopic (exact) mass is 490 g/mol. The van der Waals surface area contributed by atoms with Gasteiger partial charge in [0.05, 0.1) is 38.3 Å². The van der Waals surface area contributed by atoms with E-state index in [0.29, 0.717) is 35.4 Å². The van der Waals surface area contributed by atoms with Crippen molar-refractivity contribution in [3.63, 3.8) is 0 Å². The lowest BCUT2D eigenvalue weighted by molar-refractivity contribution is 0.356. The van der Waals surface area contributed by atoms with Crippen molar-refractivity contribution in [2.75, 3.05) is 14.2 Å². The number of benzene rings is 2. The first-order valence-electron chi connectivity index (χ1n) is 10.6. The van der Waals surface area contributed by atoms with Crippen molar-refractivity contribution in [3.8, 4) is 33.7 Å². The molecule has 5 aromatic rings. The van der Waals surface area contributed by atoms with Crippen LogP contribution in [0.3, 0.4) is 0 Å². The molecule has 172 valence electrons. The van der Waals surface area contributed by atoms with E-state index >= 15 is 0 Å². The molecule has 0 aliphatic heterocycles. The van der Waals surface area contributed by atoms with Crippen LogP contribution in [-0.4, -0.2) is 34.0 Å². The first-order valence-corrected chi connectivity index (χ1v) is 12.4. The molecule has 0 saturated heterocycles. The Hall–Kier alpha value is -3.56. The van der Waals surface area contributed by atoms with Crippen molar-refractivity contribution in [2.24, 2.45) is 0 Å². The summed E-state index contributed by atoms with van der Waals surface area (Å²) in [6.07, 6.45) is 1.65. The second-order valence-corrected chi connectivity index (χ2v) is 9.13. The fourth-order valence-electron chi connectivity index (χ4n) is 3.58. The zero-order valence-electron chi connectivity index (χ0n) is 18.7. The molecule has 0 radical (unpaired) electrons. The van der Waals surface area contributed by atoms with E-state index in [1.807, 2.05) is 48.5 Å².